The molecule has 1 saturated heterocycles. The Hall–Kier alpha value is -4.06. The van der Waals surface area contributed by atoms with E-state index in [1.807, 2.05) is 36.4 Å². The molecule has 3 aromatic rings. The van der Waals surface area contributed by atoms with Crippen LogP contribution in [0.3, 0.4) is 0 Å². The van der Waals surface area contributed by atoms with E-state index in [0.29, 0.717) is 31.7 Å². The maximum Gasteiger partial charge on any atom is 0.274 e. The molecule has 2 amide bonds. The largest absolute Gasteiger partial charge is 0.381 e. The van der Waals surface area contributed by atoms with Gasteiger partial charge in [-0.3, -0.25) is 19.8 Å². The third-order valence-electron chi connectivity index (χ3n) is 5.23. The normalized spacial score (nSPS) is 13.5. The first-order valence-electron chi connectivity index (χ1n) is 10.5. The number of aromatic nitrogens is 2. The summed E-state index contributed by atoms with van der Waals surface area (Å²) >= 11 is 0. The van der Waals surface area contributed by atoms with Crippen LogP contribution in [0.4, 0.5) is 5.82 Å². The third-order valence-corrected chi connectivity index (χ3v) is 5.23. The van der Waals surface area contributed by atoms with Gasteiger partial charge in [0.05, 0.1) is 5.69 Å². The van der Waals surface area contributed by atoms with Gasteiger partial charge < -0.3 is 10.1 Å². The number of carbonyl (C=O) groups excluding carboxylic acids is 2. The average Bonchev–Trinajstić information content (AvgIpc) is 2.88. The summed E-state index contributed by atoms with van der Waals surface area (Å²) in [4.78, 5) is 33.2. The highest BCUT2D eigenvalue weighted by molar-refractivity contribution is 5.97. The van der Waals surface area contributed by atoms with E-state index in [1.54, 1.807) is 23.9 Å². The van der Waals surface area contributed by atoms with Crippen molar-refractivity contribution in [2.75, 3.05) is 18.5 Å². The first kappa shape index (κ1) is 22.1. The highest BCUT2D eigenvalue weighted by Crippen LogP contribution is 2.23. The van der Waals surface area contributed by atoms with E-state index in [4.69, 9.17) is 9.94 Å². The molecule has 0 radical (unpaired) electrons. The van der Waals surface area contributed by atoms with E-state index in [-0.39, 0.29) is 23.2 Å². The Balaban J connectivity index is 1.58. The average molecular weight is 442 g/mol. The monoisotopic (exact) mass is 442 g/mol. The number of anilines is 1. The molecule has 3 N–H and O–H groups in total. The van der Waals surface area contributed by atoms with Crippen LogP contribution in [0, 0.1) is 17.8 Å². The molecule has 2 aromatic heterocycles. The maximum absolute atomic E-state index is 12.6. The lowest BCUT2D eigenvalue weighted by atomic mass is 9.99. The van der Waals surface area contributed by atoms with Crippen molar-refractivity contribution in [3.05, 3.63) is 77.6 Å². The Morgan fingerprint density at radius 1 is 1.03 bits per heavy atom. The Morgan fingerprint density at radius 3 is 2.48 bits per heavy atom. The molecule has 1 aliphatic rings. The van der Waals surface area contributed by atoms with Crippen LogP contribution in [0.2, 0.25) is 0 Å². The van der Waals surface area contributed by atoms with Crippen LogP contribution >= 0.6 is 0 Å². The van der Waals surface area contributed by atoms with Crippen LogP contribution in [0.15, 0.2) is 60.9 Å². The molecule has 3 heterocycles. The molecule has 8 heteroatoms. The molecule has 33 heavy (non-hydrogen) atoms. The van der Waals surface area contributed by atoms with Gasteiger partial charge in [0.25, 0.3) is 5.91 Å². The number of hydrogen-bond acceptors (Lipinski definition) is 6. The summed E-state index contributed by atoms with van der Waals surface area (Å²) in [6, 6.07) is 14.0. The molecule has 0 atom stereocenters. The number of rotatable bonds is 4. The molecule has 1 fully saturated rings. The molecule has 1 aromatic carbocycles. The lowest BCUT2D eigenvalue weighted by molar-refractivity contribution is -0.122. The second kappa shape index (κ2) is 10.5. The summed E-state index contributed by atoms with van der Waals surface area (Å²) in [5.41, 5.74) is 4.63. The lowest BCUT2D eigenvalue weighted by Crippen LogP contribution is -2.29. The number of ether oxygens (including phenoxy) is 1. The van der Waals surface area contributed by atoms with Crippen LogP contribution in [0.5, 0.6) is 0 Å². The summed E-state index contributed by atoms with van der Waals surface area (Å²) in [5.74, 6) is 5.33. The molecule has 166 valence electrons. The standard InChI is InChI=1S/C25H22N4O4/c30-24(20-9-12-33-13-10-20)28-23-15-21(25(31)29-32)14-22(27-23)19-7-5-17(6-8-19)3-4-18-2-1-11-26-16-18/h1-2,5-8,11,14-16,20,32H,9-10,12-13H2,(H,29,31)(H,27,28,30). The zero-order valence-corrected chi connectivity index (χ0v) is 17.7. The van der Waals surface area contributed by atoms with E-state index in [2.05, 4.69) is 27.1 Å². The zero-order chi connectivity index (χ0) is 23.0. The number of nitrogens with one attached hydrogen (secondary N) is 2. The van der Waals surface area contributed by atoms with Gasteiger partial charge in [-0.1, -0.05) is 24.0 Å². The summed E-state index contributed by atoms with van der Waals surface area (Å²) < 4.78 is 5.31. The minimum atomic E-state index is -0.695. The smallest absolute Gasteiger partial charge is 0.274 e. The number of pyridine rings is 2. The summed E-state index contributed by atoms with van der Waals surface area (Å²) in [5, 5.41) is 11.9. The van der Waals surface area contributed by atoms with Crippen molar-refractivity contribution >= 4 is 17.6 Å². The second-order valence-corrected chi connectivity index (χ2v) is 7.51. The number of amides is 2. The summed E-state index contributed by atoms with van der Waals surface area (Å²) in [7, 11) is 0. The first-order valence-corrected chi connectivity index (χ1v) is 10.5. The number of benzene rings is 1. The molecular weight excluding hydrogens is 420 g/mol. The number of nitrogens with zero attached hydrogens (tertiary/aromatic N) is 2. The van der Waals surface area contributed by atoms with Gasteiger partial charge in [0.15, 0.2) is 0 Å². The molecule has 0 spiro atoms. The topological polar surface area (TPSA) is 113 Å². The molecular formula is C25H22N4O4. The van der Waals surface area contributed by atoms with Gasteiger partial charge in [-0.2, -0.15) is 0 Å². The maximum atomic E-state index is 12.6. The highest BCUT2D eigenvalue weighted by atomic mass is 16.5. The van der Waals surface area contributed by atoms with Crippen LogP contribution in [0.1, 0.15) is 34.3 Å². The number of carbonyl (C=O) groups is 2. The SMILES string of the molecule is O=C(NO)c1cc(NC(=O)C2CCOCC2)nc(-c2ccc(C#Cc3cccnc3)cc2)c1. The van der Waals surface area contributed by atoms with E-state index < -0.39 is 5.91 Å². The van der Waals surface area contributed by atoms with Crippen LogP contribution in [-0.4, -0.2) is 40.2 Å². The van der Waals surface area contributed by atoms with Crippen molar-refractivity contribution in [2.24, 2.45) is 5.92 Å². The van der Waals surface area contributed by atoms with E-state index >= 15 is 0 Å². The fourth-order valence-corrected chi connectivity index (χ4v) is 3.43. The quantitative estimate of drug-likeness (QED) is 0.325. The van der Waals surface area contributed by atoms with Crippen molar-refractivity contribution in [1.29, 1.82) is 0 Å². The van der Waals surface area contributed by atoms with Gasteiger partial charge in [-0.25, -0.2) is 10.5 Å². The number of hydroxylamine groups is 1. The van der Waals surface area contributed by atoms with Crippen molar-refractivity contribution < 1.29 is 19.5 Å². The highest BCUT2D eigenvalue weighted by Gasteiger charge is 2.22. The minimum absolute atomic E-state index is 0.167. The molecule has 1 aliphatic heterocycles. The van der Waals surface area contributed by atoms with Crippen molar-refractivity contribution in [3.8, 4) is 23.1 Å². The predicted octanol–water partition coefficient (Wildman–Crippen LogP) is 3.03. The number of hydrogen-bond donors (Lipinski definition) is 3. The van der Waals surface area contributed by atoms with Crippen molar-refractivity contribution in [1.82, 2.24) is 15.4 Å². The minimum Gasteiger partial charge on any atom is -0.381 e. The second-order valence-electron chi connectivity index (χ2n) is 7.51. The summed E-state index contributed by atoms with van der Waals surface area (Å²) in [6.45, 7) is 1.08. The molecule has 0 saturated carbocycles. The summed E-state index contributed by atoms with van der Waals surface area (Å²) in [6.07, 6.45) is 4.66. The van der Waals surface area contributed by atoms with Crippen LogP contribution < -0.4 is 10.8 Å². The van der Waals surface area contributed by atoms with Crippen LogP contribution in [-0.2, 0) is 9.53 Å². The fraction of sp³-hybridized carbons (Fsp3) is 0.200. The fourth-order valence-electron chi connectivity index (χ4n) is 3.43. The van der Waals surface area contributed by atoms with E-state index in [9.17, 15) is 9.59 Å². The Bertz CT molecular complexity index is 1190. The van der Waals surface area contributed by atoms with Gasteiger partial charge in [0.2, 0.25) is 5.91 Å². The first-order chi connectivity index (χ1) is 16.1. The molecule has 8 nitrogen and oxygen atoms in total. The van der Waals surface area contributed by atoms with Crippen LogP contribution in [0.25, 0.3) is 11.3 Å². The Labute approximate surface area is 191 Å². The lowest BCUT2D eigenvalue weighted by Gasteiger charge is -2.21. The van der Waals surface area contributed by atoms with E-state index in [0.717, 1.165) is 16.7 Å². The van der Waals surface area contributed by atoms with Gasteiger partial charge in [-0.05, 0) is 49.2 Å². The van der Waals surface area contributed by atoms with Gasteiger partial charge in [0.1, 0.15) is 5.82 Å². The molecule has 0 aliphatic carbocycles. The molecule has 0 bridgehead atoms. The van der Waals surface area contributed by atoms with Gasteiger partial charge in [-0.15, -0.1) is 0 Å². The Kier molecular flexibility index (Phi) is 7.05. The third kappa shape index (κ3) is 5.80. The van der Waals surface area contributed by atoms with Crippen molar-refractivity contribution in [2.45, 2.75) is 12.8 Å². The molecule has 0 unspecified atom stereocenters. The van der Waals surface area contributed by atoms with Crippen molar-refractivity contribution in [3.63, 3.8) is 0 Å². The van der Waals surface area contributed by atoms with Gasteiger partial charge in [0, 0.05) is 53.8 Å². The van der Waals surface area contributed by atoms with E-state index in [1.165, 1.54) is 6.07 Å². The molecule has 4 rings (SSSR count). The van der Waals surface area contributed by atoms with Gasteiger partial charge >= 0.3 is 0 Å². The predicted molar refractivity (Wildman–Crippen MR) is 121 cm³/mol. The zero-order valence-electron chi connectivity index (χ0n) is 17.7. The Morgan fingerprint density at radius 2 is 1.79 bits per heavy atom.